The number of hydrogen-bond donors (Lipinski definition) is 0. The number of fused-ring (bicyclic) bond motifs is 1. The Morgan fingerprint density at radius 2 is 1.58 bits per heavy atom. The monoisotopic (exact) mass is 319 g/mol. The fourth-order valence-electron chi connectivity index (χ4n) is 1.96. The number of hydrogen-bond acceptors (Lipinski definition) is 3. The van der Waals surface area contributed by atoms with Gasteiger partial charge in [-0.1, -0.05) is 23.7 Å². The van der Waals surface area contributed by atoms with Crippen molar-refractivity contribution < 1.29 is 13.6 Å². The Morgan fingerprint density at radius 3 is 2.05 bits per heavy atom. The molecule has 2 aliphatic rings. The lowest BCUT2D eigenvalue weighted by atomic mass is 9.92. The van der Waals surface area contributed by atoms with Crippen molar-refractivity contribution in [3.8, 4) is 11.5 Å². The molecule has 0 amide bonds. The molecule has 19 heavy (non-hydrogen) atoms. The molecule has 1 aromatic rings. The van der Waals surface area contributed by atoms with E-state index in [4.69, 9.17) is 36.8 Å². The average Bonchev–Trinajstić information content (AvgIpc) is 2.63. The first kappa shape index (κ1) is 13.5. The summed E-state index contributed by atoms with van der Waals surface area (Å²) < 4.78 is 17.8. The topological polar surface area (TPSA) is 27.7 Å². The molecule has 0 saturated heterocycles. The van der Waals surface area contributed by atoms with Crippen molar-refractivity contribution in [3.63, 3.8) is 0 Å². The first-order valence-electron chi connectivity index (χ1n) is 5.91. The molecule has 1 aromatic carbocycles. The van der Waals surface area contributed by atoms with Gasteiger partial charge < -0.3 is 0 Å². The number of rotatable bonds is 0. The third kappa shape index (κ3) is 1.95. The van der Waals surface area contributed by atoms with Crippen LogP contribution in [0.2, 0.25) is 0 Å². The second kappa shape index (κ2) is 4.02. The minimum absolute atomic E-state index is 0.492. The van der Waals surface area contributed by atoms with E-state index in [1.54, 1.807) is 5.82 Å². The van der Waals surface area contributed by atoms with Crippen LogP contribution < -0.4 is 9.05 Å². The van der Waals surface area contributed by atoms with E-state index in [-0.39, 0.29) is 0 Å². The molecule has 0 radical (unpaired) electrons. The molecule has 0 aromatic heterocycles. The number of halogens is 2. The zero-order valence-electron chi connectivity index (χ0n) is 10.8. The fraction of sp³-hybridized carbons (Fsp3) is 0.385. The SMILES string of the molecule is CC1(C)O[P+]2(C=C(Cl)C1(C)Cl)Oc1ccccc1O2. The second-order valence-electron chi connectivity index (χ2n) is 5.25. The number of alkyl halides is 1. The van der Waals surface area contributed by atoms with E-state index in [0.29, 0.717) is 16.5 Å². The van der Waals surface area contributed by atoms with E-state index in [1.165, 1.54) is 0 Å². The molecule has 0 saturated carbocycles. The highest BCUT2D eigenvalue weighted by molar-refractivity contribution is 7.66. The summed E-state index contributed by atoms with van der Waals surface area (Å²) >= 11 is 12.8. The Labute approximate surface area is 123 Å². The summed E-state index contributed by atoms with van der Waals surface area (Å²) in [6.45, 7) is 5.59. The van der Waals surface area contributed by atoms with Crippen molar-refractivity contribution in [2.24, 2.45) is 0 Å². The van der Waals surface area contributed by atoms with Gasteiger partial charge in [0.2, 0.25) is 11.5 Å². The van der Waals surface area contributed by atoms with E-state index < -0.39 is 18.4 Å². The molecule has 1 spiro atoms. The highest BCUT2D eigenvalue weighted by atomic mass is 35.5. The highest BCUT2D eigenvalue weighted by Crippen LogP contribution is 2.74. The smallest absolute Gasteiger partial charge is 0.270 e. The number of para-hydroxylation sites is 2. The van der Waals surface area contributed by atoms with Crippen LogP contribution >= 0.6 is 31.1 Å². The molecule has 2 heterocycles. The van der Waals surface area contributed by atoms with Gasteiger partial charge in [0.25, 0.3) is 0 Å². The first-order valence-corrected chi connectivity index (χ1v) is 8.28. The summed E-state index contributed by atoms with van der Waals surface area (Å²) in [4.78, 5) is -0.804. The molecule has 3 nitrogen and oxygen atoms in total. The fourth-order valence-corrected chi connectivity index (χ4v) is 5.25. The molecule has 3 rings (SSSR count). The van der Waals surface area contributed by atoms with Crippen molar-refractivity contribution in [3.05, 3.63) is 35.1 Å². The van der Waals surface area contributed by atoms with E-state index in [9.17, 15) is 0 Å². The summed E-state index contributed by atoms with van der Waals surface area (Å²) in [5, 5.41) is 0.492. The van der Waals surface area contributed by atoms with Gasteiger partial charge in [-0.05, 0) is 32.9 Å². The summed E-state index contributed by atoms with van der Waals surface area (Å²) in [7, 11) is -2.66. The maximum absolute atomic E-state index is 6.47. The predicted molar refractivity (Wildman–Crippen MR) is 78.0 cm³/mol. The van der Waals surface area contributed by atoms with Crippen LogP contribution in [0.1, 0.15) is 20.8 Å². The maximum Gasteiger partial charge on any atom is 0.530 e. The van der Waals surface area contributed by atoms with Crippen molar-refractivity contribution in [1.82, 2.24) is 0 Å². The molecule has 102 valence electrons. The van der Waals surface area contributed by atoms with E-state index in [2.05, 4.69) is 0 Å². The Morgan fingerprint density at radius 1 is 1.05 bits per heavy atom. The lowest BCUT2D eigenvalue weighted by Crippen LogP contribution is -2.48. The van der Waals surface area contributed by atoms with Crippen LogP contribution in [-0.4, -0.2) is 10.5 Å². The van der Waals surface area contributed by atoms with Crippen molar-refractivity contribution >= 4 is 31.1 Å². The zero-order chi connectivity index (χ0) is 13.9. The van der Waals surface area contributed by atoms with E-state index >= 15 is 0 Å². The molecule has 0 N–H and O–H groups in total. The largest absolute Gasteiger partial charge is 0.530 e. The van der Waals surface area contributed by atoms with Gasteiger partial charge in [0.05, 0.1) is 5.03 Å². The second-order valence-corrected chi connectivity index (χ2v) is 8.30. The molecular weight excluding hydrogens is 306 g/mol. The molecule has 1 unspecified atom stereocenters. The van der Waals surface area contributed by atoms with Crippen LogP contribution in [0.15, 0.2) is 35.1 Å². The van der Waals surface area contributed by atoms with Gasteiger partial charge in [-0.15, -0.1) is 11.6 Å². The van der Waals surface area contributed by atoms with E-state index in [1.807, 2.05) is 45.0 Å². The van der Waals surface area contributed by atoms with Gasteiger partial charge in [-0.3, -0.25) is 9.05 Å². The summed E-state index contributed by atoms with van der Waals surface area (Å²) in [6.07, 6.45) is 0. The summed E-state index contributed by atoms with van der Waals surface area (Å²) in [6, 6.07) is 7.46. The van der Waals surface area contributed by atoms with Crippen molar-refractivity contribution in [1.29, 1.82) is 0 Å². The first-order chi connectivity index (χ1) is 8.76. The Bertz CT molecular complexity index is 544. The van der Waals surface area contributed by atoms with Crippen LogP contribution in [0.4, 0.5) is 0 Å². The van der Waals surface area contributed by atoms with Crippen LogP contribution in [-0.2, 0) is 4.52 Å². The molecule has 0 aliphatic carbocycles. The van der Waals surface area contributed by atoms with Gasteiger partial charge in [0.1, 0.15) is 10.5 Å². The summed E-state index contributed by atoms with van der Waals surface area (Å²) in [5.74, 6) is 3.03. The highest BCUT2D eigenvalue weighted by Gasteiger charge is 2.65. The van der Waals surface area contributed by atoms with Crippen LogP contribution in [0, 0.1) is 0 Å². The molecule has 0 bridgehead atoms. The Kier molecular flexibility index (Phi) is 2.86. The minimum Gasteiger partial charge on any atom is -0.270 e. The average molecular weight is 320 g/mol. The minimum atomic E-state index is -2.66. The van der Waals surface area contributed by atoms with Crippen LogP contribution in [0.3, 0.4) is 0 Å². The third-order valence-corrected chi connectivity index (χ3v) is 7.09. The Balaban J connectivity index is 2.04. The lowest BCUT2D eigenvalue weighted by Gasteiger charge is -2.40. The normalized spacial score (nSPS) is 30.3. The maximum atomic E-state index is 6.47. The quantitative estimate of drug-likeness (QED) is 0.491. The number of benzene rings is 1. The molecular formula is C13H14Cl2O3P+. The van der Waals surface area contributed by atoms with Gasteiger partial charge >= 0.3 is 7.94 Å². The van der Waals surface area contributed by atoms with E-state index in [0.717, 1.165) is 0 Å². The molecule has 2 aliphatic heterocycles. The van der Waals surface area contributed by atoms with Gasteiger partial charge in [-0.25, -0.2) is 0 Å². The van der Waals surface area contributed by atoms with Crippen LogP contribution in [0.5, 0.6) is 11.5 Å². The molecule has 0 fully saturated rings. The predicted octanol–water partition coefficient (Wildman–Crippen LogP) is 5.11. The van der Waals surface area contributed by atoms with Gasteiger partial charge in [0, 0.05) is 0 Å². The van der Waals surface area contributed by atoms with Crippen molar-refractivity contribution in [2.45, 2.75) is 31.2 Å². The summed E-state index contributed by atoms with van der Waals surface area (Å²) in [5.41, 5.74) is -0.698. The zero-order valence-corrected chi connectivity index (χ0v) is 13.2. The van der Waals surface area contributed by atoms with Gasteiger partial charge in [-0.2, -0.15) is 4.52 Å². The Hall–Kier alpha value is -0.470. The third-order valence-electron chi connectivity index (χ3n) is 3.51. The standard InChI is InChI=1S/C13H14Cl2O3P/c1-12(2)13(3,15)11(14)8-19(18-12)16-9-6-4-5-7-10(9)17-19/h4-8H,1-3H3/q+1. The molecule has 1 atom stereocenters. The van der Waals surface area contributed by atoms with Crippen LogP contribution in [0.25, 0.3) is 0 Å². The lowest BCUT2D eigenvalue weighted by molar-refractivity contribution is 0.0630. The van der Waals surface area contributed by atoms with Crippen molar-refractivity contribution in [2.75, 3.05) is 0 Å². The van der Waals surface area contributed by atoms with Gasteiger partial charge in [0.15, 0.2) is 5.82 Å². The molecule has 6 heteroatoms.